The number of cyclic esters (lactones) is 1. The van der Waals surface area contributed by atoms with Gasteiger partial charge < -0.3 is 14.9 Å². The van der Waals surface area contributed by atoms with E-state index in [-0.39, 0.29) is 18.1 Å². The first-order valence-electron chi connectivity index (χ1n) is 11.9. The van der Waals surface area contributed by atoms with Crippen molar-refractivity contribution < 1.29 is 28.9 Å². The van der Waals surface area contributed by atoms with Crippen LogP contribution in [0.1, 0.15) is 77.4 Å². The van der Waals surface area contributed by atoms with Crippen LogP contribution in [0.4, 0.5) is 4.39 Å². The van der Waals surface area contributed by atoms with Crippen molar-refractivity contribution >= 4 is 29.2 Å². The van der Waals surface area contributed by atoms with Crippen LogP contribution in [-0.2, 0) is 14.3 Å². The fourth-order valence-electron chi connectivity index (χ4n) is 4.20. The topological polar surface area (TPSA) is 96.7 Å². The smallest absolute Gasteiger partial charge is 0.309 e. The fraction of sp³-hybridized carbons (Fsp3) is 0.654. The number of ketones is 1. The first kappa shape index (κ1) is 28.3. The molecule has 0 spiro atoms. The number of carbonyl (C=O) groups is 2. The number of ether oxygens (including phenoxy) is 1. The number of carbonyl (C=O) groups excluding carboxylic acids is 2. The quantitative estimate of drug-likeness (QED) is 0.434. The summed E-state index contributed by atoms with van der Waals surface area (Å²) in [5.41, 5.74) is 0.198. The van der Waals surface area contributed by atoms with Gasteiger partial charge in [0.2, 0.25) is 0 Å². The minimum atomic E-state index is -1.34. The van der Waals surface area contributed by atoms with Crippen molar-refractivity contribution in [3.8, 4) is 0 Å². The predicted molar refractivity (Wildman–Crippen MR) is 132 cm³/mol. The lowest BCUT2D eigenvalue weighted by molar-refractivity contribution is -0.154. The van der Waals surface area contributed by atoms with E-state index in [1.807, 2.05) is 26.8 Å². The molecule has 1 aliphatic heterocycles. The van der Waals surface area contributed by atoms with Crippen LogP contribution in [-0.4, -0.2) is 45.3 Å². The van der Waals surface area contributed by atoms with Crippen molar-refractivity contribution in [2.75, 3.05) is 0 Å². The van der Waals surface area contributed by atoms with Gasteiger partial charge >= 0.3 is 5.97 Å². The van der Waals surface area contributed by atoms with Gasteiger partial charge in [0.05, 0.1) is 34.7 Å². The summed E-state index contributed by atoms with van der Waals surface area (Å²) < 4.78 is 20.5. The van der Waals surface area contributed by atoms with Gasteiger partial charge in [-0.1, -0.05) is 39.3 Å². The summed E-state index contributed by atoms with van der Waals surface area (Å²) >= 11 is 1.40. The number of thiazole rings is 1. The molecule has 1 aromatic rings. The van der Waals surface area contributed by atoms with E-state index in [0.717, 1.165) is 29.8 Å². The Morgan fingerprint density at radius 1 is 1.26 bits per heavy atom. The van der Waals surface area contributed by atoms with E-state index in [1.54, 1.807) is 26.2 Å². The number of aryl methyl sites for hydroxylation is 1. The average molecular weight is 496 g/mol. The highest BCUT2D eigenvalue weighted by Gasteiger charge is 2.42. The molecule has 6 nitrogen and oxygen atoms in total. The van der Waals surface area contributed by atoms with Crippen LogP contribution in [0.3, 0.4) is 0 Å². The van der Waals surface area contributed by atoms with Crippen LogP contribution in [0.15, 0.2) is 22.9 Å². The Kier molecular flexibility index (Phi) is 10.2. The third kappa shape index (κ3) is 7.55. The van der Waals surface area contributed by atoms with Crippen LogP contribution in [0.2, 0.25) is 0 Å². The molecule has 0 unspecified atom stereocenters. The molecule has 2 rings (SSSR count). The Balaban J connectivity index is 2.33. The zero-order valence-corrected chi connectivity index (χ0v) is 21.8. The number of nitrogens with zero attached hydrogens (tertiary/aromatic N) is 1. The molecule has 2 heterocycles. The highest BCUT2D eigenvalue weighted by Crippen LogP contribution is 2.32. The summed E-state index contributed by atoms with van der Waals surface area (Å²) in [6.07, 6.45) is 1.75. The van der Waals surface area contributed by atoms with E-state index in [2.05, 4.69) is 4.98 Å². The highest BCUT2D eigenvalue weighted by molar-refractivity contribution is 7.09. The van der Waals surface area contributed by atoms with Crippen molar-refractivity contribution in [2.24, 2.45) is 17.3 Å². The molecular formula is C26H38FNO5S. The molecule has 0 saturated heterocycles. The lowest BCUT2D eigenvalue weighted by Gasteiger charge is -2.34. The van der Waals surface area contributed by atoms with Crippen LogP contribution < -0.4 is 0 Å². The molecule has 190 valence electrons. The molecular weight excluding hydrogens is 457 g/mol. The number of rotatable bonds is 2. The Hall–Kier alpha value is -1.90. The van der Waals surface area contributed by atoms with E-state index < -0.39 is 47.9 Å². The number of hydrogen-bond donors (Lipinski definition) is 2. The second-order valence-corrected chi connectivity index (χ2v) is 11.1. The van der Waals surface area contributed by atoms with Gasteiger partial charge in [0.1, 0.15) is 11.6 Å². The van der Waals surface area contributed by atoms with E-state index in [0.29, 0.717) is 5.69 Å². The summed E-state index contributed by atoms with van der Waals surface area (Å²) in [5.74, 6) is -2.55. The van der Waals surface area contributed by atoms with Crippen LogP contribution >= 0.6 is 11.3 Å². The highest BCUT2D eigenvalue weighted by atomic mass is 32.1. The maximum Gasteiger partial charge on any atom is 0.309 e. The average Bonchev–Trinajstić information content (AvgIpc) is 3.18. The lowest BCUT2D eigenvalue weighted by Crippen LogP contribution is -2.45. The molecule has 0 fully saturated rings. The van der Waals surface area contributed by atoms with Crippen molar-refractivity contribution in [3.05, 3.63) is 33.6 Å². The normalized spacial score (nSPS) is 32.1. The second-order valence-electron chi connectivity index (χ2n) is 10.0. The number of halogens is 1. The molecule has 0 saturated carbocycles. The first-order valence-corrected chi connectivity index (χ1v) is 12.8. The molecule has 8 heteroatoms. The zero-order chi connectivity index (χ0) is 25.6. The Morgan fingerprint density at radius 2 is 1.94 bits per heavy atom. The third-order valence-electron chi connectivity index (χ3n) is 6.75. The maximum atomic E-state index is 15.1. The van der Waals surface area contributed by atoms with Gasteiger partial charge in [0.15, 0.2) is 6.10 Å². The number of Topliss-reactive ketones (excluding diaryl/α,β-unsaturated/α-hetero) is 1. The van der Waals surface area contributed by atoms with Crippen LogP contribution in [0.5, 0.6) is 0 Å². The van der Waals surface area contributed by atoms with Crippen molar-refractivity contribution in [1.29, 1.82) is 0 Å². The van der Waals surface area contributed by atoms with Gasteiger partial charge in [-0.3, -0.25) is 9.59 Å². The Morgan fingerprint density at radius 3 is 2.56 bits per heavy atom. The summed E-state index contributed by atoms with van der Waals surface area (Å²) in [6.45, 7) is 10.4. The van der Waals surface area contributed by atoms with Crippen LogP contribution in [0, 0.1) is 24.2 Å². The number of allylic oxidation sites excluding steroid dienone is 1. The zero-order valence-electron chi connectivity index (χ0n) is 21.0. The van der Waals surface area contributed by atoms with E-state index >= 15 is 4.39 Å². The monoisotopic (exact) mass is 495 g/mol. The fourth-order valence-corrected chi connectivity index (χ4v) is 4.77. The molecule has 1 aromatic heterocycles. The number of aliphatic hydroxyl groups excluding tert-OH is 2. The first-order chi connectivity index (χ1) is 15.8. The number of aliphatic hydroxyl groups is 2. The summed E-state index contributed by atoms with van der Waals surface area (Å²) in [7, 11) is 0. The van der Waals surface area contributed by atoms with Gasteiger partial charge in [-0.25, -0.2) is 9.37 Å². The van der Waals surface area contributed by atoms with Crippen molar-refractivity contribution in [3.63, 3.8) is 0 Å². The van der Waals surface area contributed by atoms with E-state index in [1.165, 1.54) is 17.4 Å². The van der Waals surface area contributed by atoms with Gasteiger partial charge in [0.25, 0.3) is 0 Å². The van der Waals surface area contributed by atoms with Gasteiger partial charge in [-0.15, -0.1) is 11.3 Å². The lowest BCUT2D eigenvalue weighted by atomic mass is 9.73. The summed E-state index contributed by atoms with van der Waals surface area (Å²) in [4.78, 5) is 30.0. The van der Waals surface area contributed by atoms with Crippen molar-refractivity contribution in [2.45, 2.75) is 92.0 Å². The Bertz CT molecular complexity index is 922. The molecule has 2 N–H and O–H groups in total. The minimum Gasteiger partial charge on any atom is -0.455 e. The molecule has 34 heavy (non-hydrogen) atoms. The van der Waals surface area contributed by atoms with Gasteiger partial charge in [-0.2, -0.15) is 0 Å². The molecule has 0 radical (unpaired) electrons. The Labute approximate surface area is 205 Å². The van der Waals surface area contributed by atoms with Gasteiger partial charge in [0, 0.05) is 23.8 Å². The number of esters is 1. The van der Waals surface area contributed by atoms with Gasteiger partial charge in [-0.05, 0) is 39.0 Å². The summed E-state index contributed by atoms with van der Waals surface area (Å²) in [5, 5.41) is 24.0. The third-order valence-corrected chi connectivity index (χ3v) is 7.54. The molecule has 0 amide bonds. The predicted octanol–water partition coefficient (Wildman–Crippen LogP) is 5.17. The number of hydrogen-bond acceptors (Lipinski definition) is 7. The SMILES string of the molecule is C/C1=C\C[C@@H](/C(F)=C/c2csc(C)n2)OC(=O)C[C@H](O)C(C)(C)C(=O)[C@H](C)[C@@H](O)[C@@H](C)CCC1. The molecule has 0 bridgehead atoms. The standard InChI is InChI=1S/C26H38FNO5S/c1-15-8-7-9-16(2)24(31)17(3)25(32)26(5,6)22(29)13-23(30)33-21(11-10-15)20(27)12-19-14-34-18(4)28-19/h10,12,14,16-17,21-22,24,29,31H,7-9,11,13H2,1-6H3/b15-10+,20-12-/t16-,17+,21-,22-,24-/m0/s1. The second kappa shape index (κ2) is 12.2. The molecule has 1 aliphatic rings. The van der Waals surface area contributed by atoms with Crippen LogP contribution in [0.25, 0.3) is 6.08 Å². The number of aromatic nitrogens is 1. The molecule has 0 aromatic carbocycles. The largest absolute Gasteiger partial charge is 0.455 e. The van der Waals surface area contributed by atoms with E-state index in [9.17, 15) is 19.8 Å². The maximum absolute atomic E-state index is 15.1. The molecule has 0 aliphatic carbocycles. The summed E-state index contributed by atoms with van der Waals surface area (Å²) in [6, 6.07) is 0. The van der Waals surface area contributed by atoms with Crippen molar-refractivity contribution in [1.82, 2.24) is 4.98 Å². The van der Waals surface area contributed by atoms with E-state index in [4.69, 9.17) is 4.74 Å². The minimum absolute atomic E-state index is 0.104. The molecule has 5 atom stereocenters.